The number of halogens is 1. The van der Waals surface area contributed by atoms with E-state index < -0.39 is 0 Å². The predicted octanol–water partition coefficient (Wildman–Crippen LogP) is 4.42. The highest BCUT2D eigenvalue weighted by Gasteiger charge is 2.05. The summed E-state index contributed by atoms with van der Waals surface area (Å²) in [6.07, 6.45) is 4.15. The second-order valence-corrected chi connectivity index (χ2v) is 5.54. The first-order chi connectivity index (χ1) is 10.5. The van der Waals surface area contributed by atoms with Crippen molar-refractivity contribution in [2.45, 2.75) is 20.4 Å². The summed E-state index contributed by atoms with van der Waals surface area (Å²) in [5.74, 6) is 0.0333. The van der Waals surface area contributed by atoms with Crippen LogP contribution in [0.2, 0.25) is 0 Å². The third-order valence-corrected chi connectivity index (χ3v) is 3.19. The number of rotatable bonds is 5. The first-order valence-corrected chi connectivity index (χ1v) is 7.35. The Bertz CT molecular complexity index is 659. The highest BCUT2D eigenvalue weighted by molar-refractivity contribution is 5.94. The number of hydrogen-bond donors (Lipinski definition) is 1. The van der Waals surface area contributed by atoms with Gasteiger partial charge >= 0.3 is 0 Å². The summed E-state index contributed by atoms with van der Waals surface area (Å²) in [4.78, 5) is 12.1. The van der Waals surface area contributed by atoms with Crippen LogP contribution in [0.15, 0.2) is 54.6 Å². The van der Waals surface area contributed by atoms with Crippen molar-refractivity contribution < 1.29 is 9.18 Å². The van der Waals surface area contributed by atoms with E-state index in [4.69, 9.17) is 0 Å². The molecule has 0 saturated carbocycles. The van der Waals surface area contributed by atoms with Gasteiger partial charge in [0.05, 0.1) is 0 Å². The maximum atomic E-state index is 13.1. The van der Waals surface area contributed by atoms with Gasteiger partial charge in [-0.15, -0.1) is 0 Å². The van der Waals surface area contributed by atoms with Crippen molar-refractivity contribution in [2.75, 3.05) is 0 Å². The molecule has 0 radical (unpaired) electrons. The first-order valence-electron chi connectivity index (χ1n) is 7.35. The van der Waals surface area contributed by atoms with Crippen molar-refractivity contribution in [1.29, 1.82) is 0 Å². The molecule has 2 rings (SSSR count). The molecule has 114 valence electrons. The molecule has 2 aromatic rings. The van der Waals surface area contributed by atoms with Crippen LogP contribution in [0.4, 0.5) is 4.39 Å². The van der Waals surface area contributed by atoms with Gasteiger partial charge in [-0.25, -0.2) is 4.39 Å². The quantitative estimate of drug-likeness (QED) is 0.869. The lowest BCUT2D eigenvalue weighted by atomic mass is 10.1. The van der Waals surface area contributed by atoms with Crippen LogP contribution in [-0.2, 0) is 6.54 Å². The molecule has 0 saturated heterocycles. The van der Waals surface area contributed by atoms with E-state index >= 15 is 0 Å². The van der Waals surface area contributed by atoms with Gasteiger partial charge in [-0.05, 0) is 41.3 Å². The largest absolute Gasteiger partial charge is 0.348 e. The highest BCUT2D eigenvalue weighted by Crippen LogP contribution is 2.09. The molecule has 0 aromatic heterocycles. The van der Waals surface area contributed by atoms with Gasteiger partial charge in [0.1, 0.15) is 5.82 Å². The number of amides is 1. The number of benzene rings is 2. The molecule has 0 aliphatic rings. The fourth-order valence-electron chi connectivity index (χ4n) is 1.98. The Morgan fingerprint density at radius 3 is 2.55 bits per heavy atom. The fourth-order valence-corrected chi connectivity index (χ4v) is 1.98. The molecule has 0 aliphatic carbocycles. The number of hydrogen-bond acceptors (Lipinski definition) is 1. The minimum atomic E-state index is -0.298. The van der Waals surface area contributed by atoms with E-state index in [2.05, 4.69) is 25.2 Å². The average Bonchev–Trinajstić information content (AvgIpc) is 2.51. The average molecular weight is 297 g/mol. The van der Waals surface area contributed by atoms with Gasteiger partial charge in [0.2, 0.25) is 0 Å². The number of nitrogens with one attached hydrogen (secondary N) is 1. The molecule has 0 fully saturated rings. The Morgan fingerprint density at radius 1 is 1.18 bits per heavy atom. The van der Waals surface area contributed by atoms with Crippen LogP contribution < -0.4 is 5.32 Å². The van der Waals surface area contributed by atoms with E-state index in [1.165, 1.54) is 12.1 Å². The van der Waals surface area contributed by atoms with E-state index in [0.29, 0.717) is 18.0 Å². The molecule has 0 bridgehead atoms. The van der Waals surface area contributed by atoms with Crippen LogP contribution >= 0.6 is 0 Å². The topological polar surface area (TPSA) is 29.1 Å². The van der Waals surface area contributed by atoms with Crippen molar-refractivity contribution in [3.05, 3.63) is 77.1 Å². The van der Waals surface area contributed by atoms with Gasteiger partial charge in [-0.3, -0.25) is 4.79 Å². The zero-order chi connectivity index (χ0) is 15.9. The molecule has 0 unspecified atom stereocenters. The van der Waals surface area contributed by atoms with Crippen LogP contribution in [0, 0.1) is 11.7 Å². The lowest BCUT2D eigenvalue weighted by Crippen LogP contribution is -2.22. The number of allylic oxidation sites excluding steroid dienone is 1. The summed E-state index contributed by atoms with van der Waals surface area (Å²) in [5, 5.41) is 2.79. The van der Waals surface area contributed by atoms with Crippen LogP contribution in [0.1, 0.15) is 35.3 Å². The van der Waals surface area contributed by atoms with Crippen molar-refractivity contribution in [1.82, 2.24) is 5.32 Å². The molecule has 2 nitrogen and oxygen atoms in total. The Kier molecular flexibility index (Phi) is 5.48. The van der Waals surface area contributed by atoms with Crippen LogP contribution in [0.25, 0.3) is 6.08 Å². The molecular formula is C19H20FNO. The number of carbonyl (C=O) groups is 1. The molecule has 0 atom stereocenters. The normalized spacial score (nSPS) is 11.1. The summed E-state index contributed by atoms with van der Waals surface area (Å²) in [5.41, 5.74) is 2.40. The summed E-state index contributed by atoms with van der Waals surface area (Å²) >= 11 is 0. The lowest BCUT2D eigenvalue weighted by Gasteiger charge is -2.06. The fraction of sp³-hybridized carbons (Fsp3) is 0.211. The summed E-state index contributed by atoms with van der Waals surface area (Å²) in [6, 6.07) is 13.6. The lowest BCUT2D eigenvalue weighted by molar-refractivity contribution is 0.0951. The van der Waals surface area contributed by atoms with Crippen LogP contribution in [0.3, 0.4) is 0 Å². The molecule has 2 aromatic carbocycles. The maximum Gasteiger partial charge on any atom is 0.251 e. The van der Waals surface area contributed by atoms with Crippen molar-refractivity contribution >= 4 is 12.0 Å². The number of carbonyl (C=O) groups excluding carboxylic acids is 1. The second kappa shape index (κ2) is 7.55. The van der Waals surface area contributed by atoms with Gasteiger partial charge in [0.25, 0.3) is 5.91 Å². The van der Waals surface area contributed by atoms with E-state index in [1.807, 2.05) is 18.2 Å². The minimum Gasteiger partial charge on any atom is -0.348 e. The van der Waals surface area contributed by atoms with Gasteiger partial charge in [0, 0.05) is 12.1 Å². The first kappa shape index (κ1) is 16.0. The van der Waals surface area contributed by atoms with Crippen molar-refractivity contribution in [3.63, 3.8) is 0 Å². The Balaban J connectivity index is 1.95. The molecule has 1 amide bonds. The smallest absolute Gasteiger partial charge is 0.251 e. The zero-order valence-corrected chi connectivity index (χ0v) is 12.8. The van der Waals surface area contributed by atoms with Crippen molar-refractivity contribution in [3.8, 4) is 0 Å². The SMILES string of the molecule is CC(C)C=Cc1ccc(C(=O)NCc2cccc(F)c2)cc1. The maximum absolute atomic E-state index is 13.1. The molecule has 0 spiro atoms. The zero-order valence-electron chi connectivity index (χ0n) is 12.8. The van der Waals surface area contributed by atoms with Crippen molar-refractivity contribution in [2.24, 2.45) is 5.92 Å². The van der Waals surface area contributed by atoms with Gasteiger partial charge in [-0.2, -0.15) is 0 Å². The van der Waals surface area contributed by atoms with E-state index in [0.717, 1.165) is 11.1 Å². The summed E-state index contributed by atoms with van der Waals surface area (Å²) in [7, 11) is 0. The second-order valence-electron chi connectivity index (χ2n) is 5.54. The van der Waals surface area contributed by atoms with E-state index in [9.17, 15) is 9.18 Å². The van der Waals surface area contributed by atoms with Gasteiger partial charge < -0.3 is 5.32 Å². The summed E-state index contributed by atoms with van der Waals surface area (Å²) < 4.78 is 13.1. The predicted molar refractivity (Wildman–Crippen MR) is 87.9 cm³/mol. The molecular weight excluding hydrogens is 277 g/mol. The standard InChI is InChI=1S/C19H20FNO/c1-14(2)6-7-15-8-10-17(11-9-15)19(22)21-13-16-4-3-5-18(20)12-16/h3-12,14H,13H2,1-2H3,(H,21,22). The molecule has 0 heterocycles. The van der Waals surface area contributed by atoms with Gasteiger partial charge in [-0.1, -0.05) is 50.3 Å². The minimum absolute atomic E-state index is 0.163. The third-order valence-electron chi connectivity index (χ3n) is 3.19. The molecule has 3 heteroatoms. The molecule has 0 aliphatic heterocycles. The van der Waals surface area contributed by atoms with Gasteiger partial charge in [0.15, 0.2) is 0 Å². The van der Waals surface area contributed by atoms with E-state index in [-0.39, 0.29) is 11.7 Å². The monoisotopic (exact) mass is 297 g/mol. The molecule has 22 heavy (non-hydrogen) atoms. The highest BCUT2D eigenvalue weighted by atomic mass is 19.1. The molecule has 1 N–H and O–H groups in total. The Labute approximate surface area is 130 Å². The Hall–Kier alpha value is -2.42. The Morgan fingerprint density at radius 2 is 1.91 bits per heavy atom. The van der Waals surface area contributed by atoms with Crippen LogP contribution in [0.5, 0.6) is 0 Å². The summed E-state index contributed by atoms with van der Waals surface area (Å²) in [6.45, 7) is 4.54. The van der Waals surface area contributed by atoms with E-state index in [1.54, 1.807) is 24.3 Å². The van der Waals surface area contributed by atoms with Crippen LogP contribution in [-0.4, -0.2) is 5.91 Å². The third kappa shape index (κ3) is 4.85.